The van der Waals surface area contributed by atoms with Gasteiger partial charge in [-0.05, 0) is 42.3 Å². The highest BCUT2D eigenvalue weighted by molar-refractivity contribution is 5.78. The Bertz CT molecular complexity index is 658. The van der Waals surface area contributed by atoms with Crippen molar-refractivity contribution in [2.24, 2.45) is 0 Å². The minimum absolute atomic E-state index is 0.113. The number of amides is 1. The van der Waals surface area contributed by atoms with Crippen molar-refractivity contribution in [3.8, 4) is 5.75 Å². The molecule has 128 valence electrons. The average Bonchev–Trinajstić information content (AvgIpc) is 2.57. The van der Waals surface area contributed by atoms with E-state index in [0.29, 0.717) is 12.2 Å². The summed E-state index contributed by atoms with van der Waals surface area (Å²) in [4.78, 5) is 12.1. The number of rotatable bonds is 8. The van der Waals surface area contributed by atoms with Gasteiger partial charge in [-0.1, -0.05) is 24.3 Å². The van der Waals surface area contributed by atoms with Crippen molar-refractivity contribution in [1.82, 2.24) is 5.32 Å². The van der Waals surface area contributed by atoms with Crippen LogP contribution in [-0.2, 0) is 16.0 Å². The summed E-state index contributed by atoms with van der Waals surface area (Å²) in [6.45, 7) is 2.82. The first-order valence-corrected chi connectivity index (χ1v) is 7.89. The minimum atomic E-state index is -0.384. The standard InChI is InChI=1S/C19H22FNO3/c1-3-24-17-9-7-14(8-10-17)11-19(22)21-13-18(23-2)15-5-4-6-16(20)12-15/h4-10,12,18H,3,11,13H2,1-2H3,(H,21,22). The number of carbonyl (C=O) groups excluding carboxylic acids is 1. The monoisotopic (exact) mass is 331 g/mol. The molecule has 0 radical (unpaired) electrons. The predicted molar refractivity (Wildman–Crippen MR) is 90.5 cm³/mol. The third-order valence-electron chi connectivity index (χ3n) is 3.59. The molecular formula is C19H22FNO3. The number of benzene rings is 2. The Morgan fingerprint density at radius 1 is 1.21 bits per heavy atom. The zero-order valence-corrected chi connectivity index (χ0v) is 13.9. The fraction of sp³-hybridized carbons (Fsp3) is 0.316. The predicted octanol–water partition coefficient (Wildman–Crippen LogP) is 3.27. The molecular weight excluding hydrogens is 309 g/mol. The van der Waals surface area contributed by atoms with Crippen LogP contribution < -0.4 is 10.1 Å². The molecule has 2 aromatic carbocycles. The van der Waals surface area contributed by atoms with Gasteiger partial charge in [-0.15, -0.1) is 0 Å². The molecule has 5 heteroatoms. The summed E-state index contributed by atoms with van der Waals surface area (Å²) in [5.41, 5.74) is 1.59. The number of nitrogens with one attached hydrogen (secondary N) is 1. The van der Waals surface area contributed by atoms with Crippen LogP contribution in [-0.4, -0.2) is 26.2 Å². The summed E-state index contributed by atoms with van der Waals surface area (Å²) in [7, 11) is 1.54. The van der Waals surface area contributed by atoms with Crippen molar-refractivity contribution in [1.29, 1.82) is 0 Å². The summed E-state index contributed by atoms with van der Waals surface area (Å²) in [6, 6.07) is 13.6. The Hall–Kier alpha value is -2.40. The van der Waals surface area contributed by atoms with Crippen molar-refractivity contribution in [2.45, 2.75) is 19.4 Å². The van der Waals surface area contributed by atoms with Crippen LogP contribution in [0.4, 0.5) is 4.39 Å². The van der Waals surface area contributed by atoms with Gasteiger partial charge < -0.3 is 14.8 Å². The maximum atomic E-state index is 13.3. The topological polar surface area (TPSA) is 47.6 Å². The van der Waals surface area contributed by atoms with Crippen LogP contribution in [0.1, 0.15) is 24.2 Å². The second kappa shape index (κ2) is 9.03. The molecule has 1 unspecified atom stereocenters. The summed E-state index contributed by atoms with van der Waals surface area (Å²) in [5.74, 6) is 0.347. The highest BCUT2D eigenvalue weighted by Crippen LogP contribution is 2.17. The molecule has 1 N–H and O–H groups in total. The van der Waals surface area contributed by atoms with Crippen LogP contribution in [0.25, 0.3) is 0 Å². The molecule has 0 heterocycles. The van der Waals surface area contributed by atoms with E-state index in [9.17, 15) is 9.18 Å². The first-order chi connectivity index (χ1) is 11.6. The van der Waals surface area contributed by atoms with E-state index in [4.69, 9.17) is 9.47 Å². The lowest BCUT2D eigenvalue weighted by atomic mass is 10.1. The molecule has 0 aliphatic carbocycles. The Morgan fingerprint density at radius 2 is 1.96 bits per heavy atom. The third kappa shape index (κ3) is 5.35. The molecule has 0 aliphatic heterocycles. The van der Waals surface area contributed by atoms with Crippen molar-refractivity contribution in [3.05, 3.63) is 65.5 Å². The molecule has 0 spiro atoms. The molecule has 4 nitrogen and oxygen atoms in total. The fourth-order valence-corrected chi connectivity index (χ4v) is 2.37. The number of halogens is 1. The van der Waals surface area contributed by atoms with Gasteiger partial charge in [0.25, 0.3) is 0 Å². The van der Waals surface area contributed by atoms with Crippen LogP contribution in [0.15, 0.2) is 48.5 Å². The van der Waals surface area contributed by atoms with Gasteiger partial charge in [0.2, 0.25) is 5.91 Å². The number of hydrogen-bond acceptors (Lipinski definition) is 3. The summed E-state index contributed by atoms with van der Waals surface area (Å²) >= 11 is 0. The van der Waals surface area contributed by atoms with E-state index in [1.54, 1.807) is 12.1 Å². The molecule has 2 aromatic rings. The van der Waals surface area contributed by atoms with Gasteiger partial charge in [-0.2, -0.15) is 0 Å². The normalized spacial score (nSPS) is 11.8. The molecule has 0 aliphatic rings. The van der Waals surface area contributed by atoms with Gasteiger partial charge in [0.05, 0.1) is 19.1 Å². The second-order valence-electron chi connectivity index (χ2n) is 5.34. The van der Waals surface area contributed by atoms with Gasteiger partial charge in [-0.25, -0.2) is 4.39 Å². The lowest BCUT2D eigenvalue weighted by molar-refractivity contribution is -0.121. The zero-order valence-electron chi connectivity index (χ0n) is 13.9. The first kappa shape index (κ1) is 17.9. The Morgan fingerprint density at radius 3 is 2.58 bits per heavy atom. The number of methoxy groups -OCH3 is 1. The van der Waals surface area contributed by atoms with Crippen molar-refractivity contribution in [2.75, 3.05) is 20.3 Å². The number of hydrogen-bond donors (Lipinski definition) is 1. The van der Waals surface area contributed by atoms with E-state index in [0.717, 1.165) is 11.3 Å². The maximum absolute atomic E-state index is 13.3. The SMILES string of the molecule is CCOc1ccc(CC(=O)NCC(OC)c2cccc(F)c2)cc1. The van der Waals surface area contributed by atoms with E-state index in [1.807, 2.05) is 31.2 Å². The van der Waals surface area contributed by atoms with Gasteiger partial charge in [0.15, 0.2) is 0 Å². The van der Waals surface area contributed by atoms with Crippen molar-refractivity contribution >= 4 is 5.91 Å². The molecule has 0 aromatic heterocycles. The highest BCUT2D eigenvalue weighted by atomic mass is 19.1. The van der Waals surface area contributed by atoms with E-state index >= 15 is 0 Å². The van der Waals surface area contributed by atoms with Crippen molar-refractivity contribution in [3.63, 3.8) is 0 Å². The second-order valence-corrected chi connectivity index (χ2v) is 5.34. The van der Waals surface area contributed by atoms with E-state index < -0.39 is 0 Å². The summed E-state index contributed by atoms with van der Waals surface area (Å²) < 4.78 is 24.0. The van der Waals surface area contributed by atoms with Crippen LogP contribution in [0.3, 0.4) is 0 Å². The molecule has 0 bridgehead atoms. The number of ether oxygens (including phenoxy) is 2. The molecule has 2 rings (SSSR count). The summed E-state index contributed by atoms with van der Waals surface area (Å²) in [5, 5.41) is 2.82. The maximum Gasteiger partial charge on any atom is 0.224 e. The van der Waals surface area contributed by atoms with E-state index in [-0.39, 0.29) is 30.8 Å². The minimum Gasteiger partial charge on any atom is -0.494 e. The van der Waals surface area contributed by atoms with Crippen LogP contribution >= 0.6 is 0 Å². The van der Waals surface area contributed by atoms with E-state index in [1.165, 1.54) is 19.2 Å². The first-order valence-electron chi connectivity index (χ1n) is 7.89. The molecule has 24 heavy (non-hydrogen) atoms. The van der Waals surface area contributed by atoms with Gasteiger partial charge >= 0.3 is 0 Å². The van der Waals surface area contributed by atoms with Gasteiger partial charge in [0.1, 0.15) is 11.6 Å². The molecule has 1 atom stereocenters. The fourth-order valence-electron chi connectivity index (χ4n) is 2.37. The Labute approximate surface area is 141 Å². The largest absolute Gasteiger partial charge is 0.494 e. The van der Waals surface area contributed by atoms with E-state index in [2.05, 4.69) is 5.32 Å². The van der Waals surface area contributed by atoms with Crippen molar-refractivity contribution < 1.29 is 18.7 Å². The molecule has 0 fully saturated rings. The zero-order chi connectivity index (χ0) is 17.4. The summed E-state index contributed by atoms with van der Waals surface area (Å²) in [6.07, 6.45) is -0.114. The Balaban J connectivity index is 1.87. The lowest BCUT2D eigenvalue weighted by Crippen LogP contribution is -2.30. The van der Waals surface area contributed by atoms with Gasteiger partial charge in [0, 0.05) is 13.7 Å². The Kier molecular flexibility index (Phi) is 6.75. The number of carbonyl (C=O) groups is 1. The quantitative estimate of drug-likeness (QED) is 0.807. The van der Waals surface area contributed by atoms with Crippen LogP contribution in [0.2, 0.25) is 0 Å². The van der Waals surface area contributed by atoms with Gasteiger partial charge in [-0.3, -0.25) is 4.79 Å². The average molecular weight is 331 g/mol. The highest BCUT2D eigenvalue weighted by Gasteiger charge is 2.13. The molecule has 0 saturated heterocycles. The third-order valence-corrected chi connectivity index (χ3v) is 3.59. The molecule has 1 amide bonds. The molecule has 0 saturated carbocycles. The van der Waals surface area contributed by atoms with Crippen LogP contribution in [0.5, 0.6) is 5.75 Å². The smallest absolute Gasteiger partial charge is 0.224 e. The lowest BCUT2D eigenvalue weighted by Gasteiger charge is -2.16. The van der Waals surface area contributed by atoms with Crippen LogP contribution in [0, 0.1) is 5.82 Å².